The predicted octanol–water partition coefficient (Wildman–Crippen LogP) is 1.40. The summed E-state index contributed by atoms with van der Waals surface area (Å²) >= 11 is 0. The number of alkyl halides is 2. The zero-order valence-corrected chi connectivity index (χ0v) is 8.34. The SMILES string of the molecule is COC(=O)c1cnc(C(F)F)c(F)c1CN. The number of esters is 1. The molecule has 0 atom stereocenters. The molecule has 0 unspecified atom stereocenters. The molecule has 0 bridgehead atoms. The first-order valence-electron chi connectivity index (χ1n) is 4.26. The Morgan fingerprint density at radius 3 is 2.69 bits per heavy atom. The Morgan fingerprint density at radius 2 is 2.25 bits per heavy atom. The minimum Gasteiger partial charge on any atom is -0.465 e. The van der Waals surface area contributed by atoms with Crippen LogP contribution < -0.4 is 5.73 Å². The lowest BCUT2D eigenvalue weighted by Gasteiger charge is -2.09. The van der Waals surface area contributed by atoms with Gasteiger partial charge < -0.3 is 10.5 Å². The minimum absolute atomic E-state index is 0.244. The summed E-state index contributed by atoms with van der Waals surface area (Å²) in [5, 5.41) is 0. The summed E-state index contributed by atoms with van der Waals surface area (Å²) in [5.41, 5.74) is 3.61. The van der Waals surface area contributed by atoms with Crippen molar-refractivity contribution >= 4 is 5.97 Å². The number of ether oxygens (including phenoxy) is 1. The number of carbonyl (C=O) groups excluding carboxylic acids is 1. The van der Waals surface area contributed by atoms with Crippen molar-refractivity contribution < 1.29 is 22.7 Å². The number of rotatable bonds is 3. The molecule has 2 N–H and O–H groups in total. The zero-order chi connectivity index (χ0) is 12.3. The molecule has 0 saturated carbocycles. The van der Waals surface area contributed by atoms with Gasteiger partial charge in [-0.3, -0.25) is 4.98 Å². The highest BCUT2D eigenvalue weighted by atomic mass is 19.3. The molecule has 0 radical (unpaired) electrons. The quantitative estimate of drug-likeness (QED) is 0.803. The number of pyridine rings is 1. The van der Waals surface area contributed by atoms with Crippen LogP contribution in [0.3, 0.4) is 0 Å². The highest BCUT2D eigenvalue weighted by Crippen LogP contribution is 2.24. The molecule has 0 aromatic carbocycles. The summed E-state index contributed by atoms with van der Waals surface area (Å²) in [4.78, 5) is 14.3. The number of carbonyl (C=O) groups is 1. The average Bonchev–Trinajstić information content (AvgIpc) is 2.26. The molecule has 0 aliphatic rings. The van der Waals surface area contributed by atoms with Gasteiger partial charge in [-0.1, -0.05) is 0 Å². The minimum atomic E-state index is -3.06. The van der Waals surface area contributed by atoms with E-state index in [0.717, 1.165) is 13.3 Å². The molecule has 7 heteroatoms. The highest BCUT2D eigenvalue weighted by Gasteiger charge is 2.23. The zero-order valence-electron chi connectivity index (χ0n) is 8.34. The summed E-state index contributed by atoms with van der Waals surface area (Å²) in [6, 6.07) is 0. The first-order valence-corrected chi connectivity index (χ1v) is 4.26. The third-order valence-corrected chi connectivity index (χ3v) is 1.96. The smallest absolute Gasteiger partial charge is 0.339 e. The molecule has 16 heavy (non-hydrogen) atoms. The Morgan fingerprint density at radius 1 is 1.62 bits per heavy atom. The lowest BCUT2D eigenvalue weighted by atomic mass is 10.1. The van der Waals surface area contributed by atoms with E-state index < -0.39 is 30.5 Å². The van der Waals surface area contributed by atoms with Gasteiger partial charge in [-0.05, 0) is 0 Å². The summed E-state index contributed by atoms with van der Waals surface area (Å²) in [6.45, 7) is -0.390. The molecule has 0 amide bonds. The van der Waals surface area contributed by atoms with Gasteiger partial charge in [-0.2, -0.15) is 0 Å². The molecule has 0 fully saturated rings. The number of hydrogen-bond donors (Lipinski definition) is 1. The Balaban J connectivity index is 3.35. The number of nitrogens with two attached hydrogens (primary N) is 1. The van der Waals surface area contributed by atoms with Crippen LogP contribution in [0.15, 0.2) is 6.20 Å². The van der Waals surface area contributed by atoms with E-state index in [4.69, 9.17) is 5.73 Å². The maximum atomic E-state index is 13.5. The van der Waals surface area contributed by atoms with Gasteiger partial charge in [0.15, 0.2) is 5.82 Å². The van der Waals surface area contributed by atoms with Crippen molar-refractivity contribution in [3.05, 3.63) is 28.8 Å². The van der Waals surface area contributed by atoms with Crippen LogP contribution >= 0.6 is 0 Å². The number of methoxy groups -OCH3 is 1. The molecule has 88 valence electrons. The van der Waals surface area contributed by atoms with E-state index in [1.807, 2.05) is 0 Å². The van der Waals surface area contributed by atoms with Gasteiger partial charge in [-0.15, -0.1) is 0 Å². The van der Waals surface area contributed by atoms with Crippen LogP contribution in [-0.2, 0) is 11.3 Å². The second kappa shape index (κ2) is 4.93. The Labute approximate surface area is 89.2 Å². The summed E-state index contributed by atoms with van der Waals surface area (Å²) in [7, 11) is 1.08. The fourth-order valence-corrected chi connectivity index (χ4v) is 1.18. The van der Waals surface area contributed by atoms with Crippen molar-refractivity contribution in [2.75, 3.05) is 7.11 Å². The molecule has 1 aromatic heterocycles. The fraction of sp³-hybridized carbons (Fsp3) is 0.333. The second-order valence-corrected chi connectivity index (χ2v) is 2.85. The maximum Gasteiger partial charge on any atom is 0.339 e. The molecule has 1 heterocycles. The van der Waals surface area contributed by atoms with Crippen molar-refractivity contribution in [1.29, 1.82) is 0 Å². The Kier molecular flexibility index (Phi) is 3.83. The Bertz CT molecular complexity index is 410. The van der Waals surface area contributed by atoms with Crippen molar-refractivity contribution in [3.63, 3.8) is 0 Å². The van der Waals surface area contributed by atoms with Crippen LogP contribution in [0.5, 0.6) is 0 Å². The van der Waals surface area contributed by atoms with Crippen LogP contribution in [0.1, 0.15) is 28.0 Å². The van der Waals surface area contributed by atoms with Gasteiger partial charge in [0.1, 0.15) is 5.69 Å². The van der Waals surface area contributed by atoms with Gasteiger partial charge >= 0.3 is 5.97 Å². The number of nitrogens with zero attached hydrogens (tertiary/aromatic N) is 1. The van der Waals surface area contributed by atoms with Gasteiger partial charge in [0, 0.05) is 18.3 Å². The highest BCUT2D eigenvalue weighted by molar-refractivity contribution is 5.90. The Hall–Kier alpha value is -1.63. The lowest BCUT2D eigenvalue weighted by molar-refractivity contribution is 0.0597. The summed E-state index contributed by atoms with van der Waals surface area (Å²) in [6.07, 6.45) is -2.23. The monoisotopic (exact) mass is 234 g/mol. The van der Waals surface area contributed by atoms with Crippen LogP contribution in [0, 0.1) is 5.82 Å². The van der Waals surface area contributed by atoms with Crippen LogP contribution in [-0.4, -0.2) is 18.1 Å². The van der Waals surface area contributed by atoms with Gasteiger partial charge in [0.25, 0.3) is 6.43 Å². The molecule has 0 saturated heterocycles. The van der Waals surface area contributed by atoms with Crippen LogP contribution in [0.2, 0.25) is 0 Å². The first-order chi connectivity index (χ1) is 7.52. The van der Waals surface area contributed by atoms with E-state index in [0.29, 0.717) is 0 Å². The van der Waals surface area contributed by atoms with Gasteiger partial charge in [0.2, 0.25) is 0 Å². The third-order valence-electron chi connectivity index (χ3n) is 1.96. The van der Waals surface area contributed by atoms with Crippen LogP contribution in [0.4, 0.5) is 13.2 Å². The van der Waals surface area contributed by atoms with E-state index >= 15 is 0 Å². The maximum absolute atomic E-state index is 13.5. The number of hydrogen-bond acceptors (Lipinski definition) is 4. The number of aromatic nitrogens is 1. The largest absolute Gasteiger partial charge is 0.465 e. The summed E-state index contributed by atoms with van der Waals surface area (Å²) in [5.74, 6) is -2.13. The van der Waals surface area contributed by atoms with Gasteiger partial charge in [-0.25, -0.2) is 18.0 Å². The molecule has 0 aliphatic heterocycles. The topological polar surface area (TPSA) is 65.2 Å². The van der Waals surface area contributed by atoms with E-state index in [1.54, 1.807) is 0 Å². The molecule has 1 aromatic rings. The van der Waals surface area contributed by atoms with Crippen LogP contribution in [0.25, 0.3) is 0 Å². The average molecular weight is 234 g/mol. The molecular formula is C9H9F3N2O2. The molecule has 0 spiro atoms. The van der Waals surface area contributed by atoms with Crippen molar-refractivity contribution in [1.82, 2.24) is 4.98 Å². The standard InChI is InChI=1S/C9H9F3N2O2/c1-16-9(15)5-3-14-7(8(11)12)6(10)4(5)2-13/h3,8H,2,13H2,1H3. The number of halogens is 3. The van der Waals surface area contributed by atoms with E-state index in [1.165, 1.54) is 0 Å². The lowest BCUT2D eigenvalue weighted by Crippen LogP contribution is -2.14. The van der Waals surface area contributed by atoms with Gasteiger partial charge in [0.05, 0.1) is 12.7 Å². The predicted molar refractivity (Wildman–Crippen MR) is 48.4 cm³/mol. The normalized spacial score (nSPS) is 10.6. The van der Waals surface area contributed by atoms with Crippen molar-refractivity contribution in [3.8, 4) is 0 Å². The van der Waals surface area contributed by atoms with E-state index in [-0.39, 0.29) is 11.1 Å². The molecule has 0 aliphatic carbocycles. The second-order valence-electron chi connectivity index (χ2n) is 2.85. The first kappa shape index (κ1) is 12.4. The van der Waals surface area contributed by atoms with E-state index in [9.17, 15) is 18.0 Å². The van der Waals surface area contributed by atoms with Crippen molar-refractivity contribution in [2.45, 2.75) is 13.0 Å². The third kappa shape index (κ3) is 2.13. The fourth-order valence-electron chi connectivity index (χ4n) is 1.18. The van der Waals surface area contributed by atoms with Crippen molar-refractivity contribution in [2.24, 2.45) is 5.73 Å². The molecule has 1 rings (SSSR count). The molecule has 4 nitrogen and oxygen atoms in total. The van der Waals surface area contributed by atoms with E-state index in [2.05, 4.69) is 9.72 Å². The molecular weight excluding hydrogens is 225 g/mol. The summed E-state index contributed by atoms with van der Waals surface area (Å²) < 4.78 is 42.4.